The van der Waals surface area contributed by atoms with Gasteiger partial charge in [0.15, 0.2) is 0 Å². The zero-order valence-electron chi connectivity index (χ0n) is 9.09. The number of aromatic amines is 1. The van der Waals surface area contributed by atoms with E-state index in [-0.39, 0.29) is 17.0 Å². The van der Waals surface area contributed by atoms with Crippen LogP contribution in [0.4, 0.5) is 0 Å². The third-order valence-corrected chi connectivity index (χ3v) is 3.52. The van der Waals surface area contributed by atoms with E-state index in [1.54, 1.807) is 0 Å². The lowest BCUT2D eigenvalue weighted by Crippen LogP contribution is -2.18. The molecule has 0 aliphatic carbocycles. The number of hydrogen-bond donors (Lipinski definition) is 1. The summed E-state index contributed by atoms with van der Waals surface area (Å²) >= 11 is 6.25. The number of H-pyrrole nitrogens is 1. The van der Waals surface area contributed by atoms with Gasteiger partial charge in [-0.3, -0.25) is 0 Å². The van der Waals surface area contributed by atoms with Crippen LogP contribution in [0.15, 0.2) is 18.3 Å². The average Bonchev–Trinajstić information content (AvgIpc) is 2.52. The van der Waals surface area contributed by atoms with Crippen LogP contribution >= 0.6 is 28.6 Å². The van der Waals surface area contributed by atoms with Crippen LogP contribution < -0.4 is 0 Å². The molecule has 2 nitrogen and oxygen atoms in total. The Morgan fingerprint density at radius 1 is 1.38 bits per heavy atom. The zero-order valence-corrected chi connectivity index (χ0v) is 11.6. The second-order valence-electron chi connectivity index (χ2n) is 4.25. The van der Waals surface area contributed by atoms with Crippen molar-refractivity contribution in [3.8, 4) is 0 Å². The van der Waals surface area contributed by atoms with Gasteiger partial charge >= 0.3 is 0 Å². The fourth-order valence-electron chi connectivity index (χ4n) is 2.39. The van der Waals surface area contributed by atoms with E-state index in [1.807, 2.05) is 6.07 Å². The molecule has 0 saturated heterocycles. The molecule has 4 heteroatoms. The molecule has 16 heavy (non-hydrogen) atoms. The number of nitrogens with one attached hydrogen (secondary N) is 1. The zero-order chi connectivity index (χ0) is 10.4. The average molecular weight is 302 g/mol. The highest BCUT2D eigenvalue weighted by molar-refractivity contribution is 8.93. The Morgan fingerprint density at radius 3 is 3.00 bits per heavy atom. The molecule has 1 aliphatic heterocycles. The smallest absolute Gasteiger partial charge is 0.0461 e. The lowest BCUT2D eigenvalue weighted by molar-refractivity contribution is 0.336. The van der Waals surface area contributed by atoms with Gasteiger partial charge in [-0.25, -0.2) is 0 Å². The third-order valence-electron chi connectivity index (χ3n) is 3.16. The van der Waals surface area contributed by atoms with E-state index in [9.17, 15) is 0 Å². The van der Waals surface area contributed by atoms with E-state index in [0.717, 1.165) is 24.5 Å². The maximum absolute atomic E-state index is 6.25. The minimum Gasteiger partial charge on any atom is -0.361 e. The molecule has 0 amide bonds. The van der Waals surface area contributed by atoms with Gasteiger partial charge in [0.1, 0.15) is 0 Å². The first-order chi connectivity index (χ1) is 7.25. The van der Waals surface area contributed by atoms with Crippen molar-refractivity contribution in [2.45, 2.75) is 13.0 Å². The predicted molar refractivity (Wildman–Crippen MR) is 73.7 cm³/mol. The van der Waals surface area contributed by atoms with Crippen LogP contribution in [0, 0.1) is 0 Å². The summed E-state index contributed by atoms with van der Waals surface area (Å²) < 4.78 is 0. The van der Waals surface area contributed by atoms with E-state index in [2.05, 4.69) is 29.2 Å². The van der Waals surface area contributed by atoms with Crippen molar-refractivity contribution in [2.75, 3.05) is 13.6 Å². The van der Waals surface area contributed by atoms with Gasteiger partial charge in [0.25, 0.3) is 0 Å². The van der Waals surface area contributed by atoms with E-state index < -0.39 is 0 Å². The van der Waals surface area contributed by atoms with Gasteiger partial charge in [-0.1, -0.05) is 11.6 Å². The molecule has 86 valence electrons. The maximum atomic E-state index is 6.25. The van der Waals surface area contributed by atoms with Crippen molar-refractivity contribution < 1.29 is 0 Å². The highest BCUT2D eigenvalue weighted by atomic mass is 79.9. The van der Waals surface area contributed by atoms with Gasteiger partial charge in [-0.15, -0.1) is 17.0 Å². The van der Waals surface area contributed by atoms with Crippen molar-refractivity contribution in [1.82, 2.24) is 9.88 Å². The summed E-state index contributed by atoms with van der Waals surface area (Å²) in [7, 11) is 2.15. The second-order valence-corrected chi connectivity index (χ2v) is 4.66. The Kier molecular flexibility index (Phi) is 3.29. The van der Waals surface area contributed by atoms with Crippen LogP contribution in [-0.2, 0) is 13.0 Å². The number of nitrogens with zero attached hydrogens (tertiary/aromatic N) is 1. The molecule has 0 saturated carbocycles. The number of hydrogen-bond acceptors (Lipinski definition) is 1. The molecule has 2 heterocycles. The lowest BCUT2D eigenvalue weighted by atomic mass is 10.1. The van der Waals surface area contributed by atoms with Gasteiger partial charge < -0.3 is 9.88 Å². The van der Waals surface area contributed by atoms with Gasteiger partial charge in [-0.05, 0) is 36.7 Å². The molecule has 3 rings (SSSR count). The number of rotatable bonds is 0. The van der Waals surface area contributed by atoms with Crippen molar-refractivity contribution in [3.63, 3.8) is 0 Å². The molecule has 1 N–H and O–H groups in total. The summed E-state index contributed by atoms with van der Waals surface area (Å²) in [5.74, 6) is 0. The molecular weight excluding hydrogens is 288 g/mol. The molecule has 0 unspecified atom stereocenters. The number of halogens is 2. The molecule has 0 spiro atoms. The fraction of sp³-hybridized carbons (Fsp3) is 0.333. The summed E-state index contributed by atoms with van der Waals surface area (Å²) in [5, 5.41) is 2.24. The van der Waals surface area contributed by atoms with Gasteiger partial charge in [0, 0.05) is 35.2 Å². The fourth-order valence-corrected chi connectivity index (χ4v) is 2.64. The normalized spacial score (nSPS) is 15.9. The van der Waals surface area contributed by atoms with Crippen molar-refractivity contribution in [2.24, 2.45) is 0 Å². The predicted octanol–water partition coefficient (Wildman–Crippen LogP) is 3.39. The lowest BCUT2D eigenvalue weighted by Gasteiger charge is -2.12. The minimum atomic E-state index is 0. The molecule has 0 fully saturated rings. The van der Waals surface area contributed by atoms with Crippen LogP contribution in [-0.4, -0.2) is 23.5 Å². The Balaban J connectivity index is 0.000000963. The maximum Gasteiger partial charge on any atom is 0.0461 e. The molecule has 1 aliphatic rings. The largest absolute Gasteiger partial charge is 0.361 e. The summed E-state index contributed by atoms with van der Waals surface area (Å²) in [6.07, 6.45) is 3.14. The van der Waals surface area contributed by atoms with Crippen LogP contribution in [0.3, 0.4) is 0 Å². The van der Waals surface area contributed by atoms with Gasteiger partial charge in [0.2, 0.25) is 0 Å². The van der Waals surface area contributed by atoms with Crippen LogP contribution in [0.2, 0.25) is 5.02 Å². The molecule has 1 aromatic heterocycles. The Labute approximate surface area is 110 Å². The van der Waals surface area contributed by atoms with Crippen LogP contribution in [0.25, 0.3) is 10.9 Å². The first-order valence-electron chi connectivity index (χ1n) is 5.21. The summed E-state index contributed by atoms with van der Waals surface area (Å²) in [5.41, 5.74) is 3.87. The molecular formula is C12H14BrClN2. The van der Waals surface area contributed by atoms with Crippen molar-refractivity contribution in [3.05, 3.63) is 34.5 Å². The first kappa shape index (κ1) is 12.0. The molecule has 1 aromatic carbocycles. The Bertz CT molecular complexity index is 521. The first-order valence-corrected chi connectivity index (χ1v) is 5.59. The Morgan fingerprint density at radius 2 is 2.19 bits per heavy atom. The van der Waals surface area contributed by atoms with Crippen LogP contribution in [0.5, 0.6) is 0 Å². The minimum absolute atomic E-state index is 0. The van der Waals surface area contributed by atoms with E-state index >= 15 is 0 Å². The quantitative estimate of drug-likeness (QED) is 0.790. The standard InChI is InChI=1S/C12H13ClN2.BrH/c1-15-5-4-9-10(13)2-3-11-12(9)8(7-15)6-14-11;/h2-3,6,14H,4-5,7H2,1H3;1H. The number of likely N-dealkylation sites (N-methyl/N-ethyl adjacent to an activating group) is 1. The third kappa shape index (κ3) is 1.77. The summed E-state index contributed by atoms with van der Waals surface area (Å²) in [6.45, 7) is 2.08. The molecule has 0 bridgehead atoms. The van der Waals surface area contributed by atoms with Gasteiger partial charge in [-0.2, -0.15) is 0 Å². The molecule has 0 radical (unpaired) electrons. The molecule has 2 aromatic rings. The van der Waals surface area contributed by atoms with Crippen molar-refractivity contribution in [1.29, 1.82) is 0 Å². The summed E-state index contributed by atoms with van der Waals surface area (Å²) in [4.78, 5) is 5.64. The highest BCUT2D eigenvalue weighted by Gasteiger charge is 2.17. The van der Waals surface area contributed by atoms with E-state index in [1.165, 1.54) is 22.0 Å². The monoisotopic (exact) mass is 300 g/mol. The summed E-state index contributed by atoms with van der Waals surface area (Å²) in [6, 6.07) is 4.06. The van der Waals surface area contributed by atoms with E-state index in [4.69, 9.17) is 11.6 Å². The van der Waals surface area contributed by atoms with Crippen molar-refractivity contribution >= 4 is 39.5 Å². The SMILES string of the molecule is Br.CN1CCc2c(Cl)ccc3[nH]cc(c23)C1. The van der Waals surface area contributed by atoms with Gasteiger partial charge in [0.05, 0.1) is 0 Å². The van der Waals surface area contributed by atoms with Crippen LogP contribution in [0.1, 0.15) is 11.1 Å². The van der Waals surface area contributed by atoms with E-state index in [0.29, 0.717) is 0 Å². The Hall–Kier alpha value is -0.510. The number of aromatic nitrogens is 1. The highest BCUT2D eigenvalue weighted by Crippen LogP contribution is 2.31. The topological polar surface area (TPSA) is 19.0 Å². The second kappa shape index (κ2) is 4.40. The number of benzene rings is 1. The molecule has 0 atom stereocenters.